The molecule has 1 N–H and O–H groups in total. The van der Waals surface area contributed by atoms with Crippen LogP contribution in [0.1, 0.15) is 18.5 Å². The van der Waals surface area contributed by atoms with Gasteiger partial charge in [0, 0.05) is 19.3 Å². The van der Waals surface area contributed by atoms with Gasteiger partial charge in [0.1, 0.15) is 0 Å². The van der Waals surface area contributed by atoms with Gasteiger partial charge in [0.15, 0.2) is 5.11 Å². The van der Waals surface area contributed by atoms with Crippen molar-refractivity contribution in [1.29, 1.82) is 0 Å². The summed E-state index contributed by atoms with van der Waals surface area (Å²) in [6.45, 7) is 0.763. The number of rotatable bonds is 3. The topological polar surface area (TPSA) is 28.2 Å². The van der Waals surface area contributed by atoms with E-state index in [1.807, 2.05) is 30.1 Å². The Balaban J connectivity index is 1.85. The van der Waals surface area contributed by atoms with Crippen LogP contribution in [0.5, 0.6) is 0 Å². The predicted octanol–water partition coefficient (Wildman–Crippen LogP) is 1.55. The van der Waals surface area contributed by atoms with Gasteiger partial charge in [0.2, 0.25) is 0 Å². The highest BCUT2D eigenvalue weighted by atomic mass is 32.1. The molecule has 1 heterocycles. The first-order chi connectivity index (χ1) is 7.25. The molecule has 0 radical (unpaired) electrons. The van der Waals surface area contributed by atoms with Gasteiger partial charge in [-0.2, -0.15) is 0 Å². The molecule has 4 heteroatoms. The smallest absolute Gasteiger partial charge is 0.169 e. The fourth-order valence-electron chi connectivity index (χ4n) is 1.32. The number of thiocarbonyl (C=S) groups is 1. The summed E-state index contributed by atoms with van der Waals surface area (Å²) in [6.07, 6.45) is 4.30. The number of pyridine rings is 1. The lowest BCUT2D eigenvalue weighted by Gasteiger charge is -2.20. The molecule has 80 valence electrons. The number of hydrogen-bond donors (Lipinski definition) is 1. The Morgan fingerprint density at radius 3 is 3.00 bits per heavy atom. The molecular formula is C11H15N3S. The van der Waals surface area contributed by atoms with E-state index in [1.165, 1.54) is 12.8 Å². The second-order valence-electron chi connectivity index (χ2n) is 3.90. The molecule has 0 unspecified atom stereocenters. The fourth-order valence-corrected chi connectivity index (χ4v) is 1.55. The van der Waals surface area contributed by atoms with Crippen LogP contribution in [0, 0.1) is 0 Å². The van der Waals surface area contributed by atoms with Crippen molar-refractivity contribution in [3.63, 3.8) is 0 Å². The van der Waals surface area contributed by atoms with Gasteiger partial charge in [0.05, 0.1) is 12.2 Å². The second kappa shape index (κ2) is 4.57. The van der Waals surface area contributed by atoms with E-state index in [0.717, 1.165) is 17.4 Å². The molecule has 2 rings (SSSR count). The molecule has 3 nitrogen and oxygen atoms in total. The van der Waals surface area contributed by atoms with Crippen LogP contribution < -0.4 is 5.32 Å². The van der Waals surface area contributed by atoms with Gasteiger partial charge in [-0.25, -0.2) is 0 Å². The molecule has 1 saturated carbocycles. The molecule has 1 aliphatic rings. The normalized spacial score (nSPS) is 14.7. The van der Waals surface area contributed by atoms with Gasteiger partial charge in [-0.15, -0.1) is 0 Å². The first-order valence-corrected chi connectivity index (χ1v) is 5.58. The molecule has 0 aromatic carbocycles. The maximum Gasteiger partial charge on any atom is 0.169 e. The zero-order valence-corrected chi connectivity index (χ0v) is 9.63. The van der Waals surface area contributed by atoms with E-state index in [-0.39, 0.29) is 0 Å². The molecule has 1 fully saturated rings. The number of aromatic nitrogens is 1. The molecule has 0 atom stereocenters. The Hall–Kier alpha value is -1.16. The van der Waals surface area contributed by atoms with Gasteiger partial charge in [-0.1, -0.05) is 6.07 Å². The maximum atomic E-state index is 5.28. The maximum absolute atomic E-state index is 5.28. The zero-order valence-electron chi connectivity index (χ0n) is 8.81. The summed E-state index contributed by atoms with van der Waals surface area (Å²) in [4.78, 5) is 6.29. The first kappa shape index (κ1) is 10.4. The monoisotopic (exact) mass is 221 g/mol. The van der Waals surface area contributed by atoms with Crippen molar-refractivity contribution in [2.45, 2.75) is 25.4 Å². The highest BCUT2D eigenvalue weighted by Gasteiger charge is 2.22. The van der Waals surface area contributed by atoms with Gasteiger partial charge in [0.25, 0.3) is 0 Å². The van der Waals surface area contributed by atoms with Gasteiger partial charge in [-0.3, -0.25) is 4.98 Å². The molecule has 0 spiro atoms. The Morgan fingerprint density at radius 1 is 1.60 bits per heavy atom. The SMILES string of the molecule is CN(Cc1ccccn1)C(=S)NC1CC1. The summed E-state index contributed by atoms with van der Waals surface area (Å²) >= 11 is 5.28. The largest absolute Gasteiger partial charge is 0.360 e. The van der Waals surface area contributed by atoms with Gasteiger partial charge < -0.3 is 10.2 Å². The average molecular weight is 221 g/mol. The Kier molecular flexibility index (Phi) is 3.16. The third kappa shape index (κ3) is 3.16. The third-order valence-corrected chi connectivity index (χ3v) is 2.81. The molecular weight excluding hydrogens is 206 g/mol. The van der Waals surface area contributed by atoms with Crippen LogP contribution in [0.4, 0.5) is 0 Å². The number of nitrogens with zero attached hydrogens (tertiary/aromatic N) is 2. The minimum atomic E-state index is 0.615. The predicted molar refractivity (Wildman–Crippen MR) is 64.5 cm³/mol. The van der Waals surface area contributed by atoms with Crippen LogP contribution in [0.15, 0.2) is 24.4 Å². The minimum absolute atomic E-state index is 0.615. The van der Waals surface area contributed by atoms with E-state index in [1.54, 1.807) is 6.20 Å². The molecule has 0 amide bonds. The first-order valence-electron chi connectivity index (χ1n) is 5.17. The summed E-state index contributed by atoms with van der Waals surface area (Å²) in [5, 5.41) is 4.13. The lowest BCUT2D eigenvalue weighted by molar-refractivity contribution is 0.481. The Morgan fingerprint density at radius 2 is 2.40 bits per heavy atom. The van der Waals surface area contributed by atoms with Crippen LogP contribution >= 0.6 is 12.2 Å². The van der Waals surface area contributed by atoms with E-state index in [4.69, 9.17) is 12.2 Å². The van der Waals surface area contributed by atoms with Crippen molar-refractivity contribution in [1.82, 2.24) is 15.2 Å². The van der Waals surface area contributed by atoms with E-state index in [0.29, 0.717) is 6.04 Å². The fraction of sp³-hybridized carbons (Fsp3) is 0.455. The molecule has 15 heavy (non-hydrogen) atoms. The quantitative estimate of drug-likeness (QED) is 0.784. The molecule has 1 aromatic heterocycles. The average Bonchev–Trinajstić information content (AvgIpc) is 3.03. The summed E-state index contributed by atoms with van der Waals surface area (Å²) in [7, 11) is 1.99. The number of hydrogen-bond acceptors (Lipinski definition) is 2. The summed E-state index contributed by atoms with van der Waals surface area (Å²) in [5.74, 6) is 0. The van der Waals surface area contributed by atoms with Crippen molar-refractivity contribution in [2.24, 2.45) is 0 Å². The molecule has 1 aromatic rings. The summed E-state index contributed by atoms with van der Waals surface area (Å²) in [6, 6.07) is 6.54. The number of nitrogens with one attached hydrogen (secondary N) is 1. The van der Waals surface area contributed by atoms with E-state index in [2.05, 4.69) is 10.3 Å². The molecule has 0 bridgehead atoms. The molecule has 0 aliphatic heterocycles. The van der Waals surface area contributed by atoms with Crippen molar-refractivity contribution >= 4 is 17.3 Å². The summed E-state index contributed by atoms with van der Waals surface area (Å²) < 4.78 is 0. The van der Waals surface area contributed by atoms with Crippen LogP contribution in [0.25, 0.3) is 0 Å². The summed E-state index contributed by atoms with van der Waals surface area (Å²) in [5.41, 5.74) is 1.04. The van der Waals surface area contributed by atoms with Crippen molar-refractivity contribution in [3.05, 3.63) is 30.1 Å². The minimum Gasteiger partial charge on any atom is -0.360 e. The van der Waals surface area contributed by atoms with Crippen molar-refractivity contribution in [3.8, 4) is 0 Å². The van der Waals surface area contributed by atoms with Crippen LogP contribution in [0.2, 0.25) is 0 Å². The standard InChI is InChI=1S/C11H15N3S/c1-14(11(15)13-9-5-6-9)8-10-4-2-3-7-12-10/h2-4,7,9H,5-6,8H2,1H3,(H,13,15). The molecule has 0 saturated heterocycles. The third-order valence-electron chi connectivity index (χ3n) is 2.38. The Bertz CT molecular complexity index is 335. The van der Waals surface area contributed by atoms with E-state index < -0.39 is 0 Å². The second-order valence-corrected chi connectivity index (χ2v) is 4.29. The van der Waals surface area contributed by atoms with Crippen molar-refractivity contribution in [2.75, 3.05) is 7.05 Å². The zero-order chi connectivity index (χ0) is 10.7. The van der Waals surface area contributed by atoms with Gasteiger partial charge >= 0.3 is 0 Å². The van der Waals surface area contributed by atoms with Crippen LogP contribution in [-0.2, 0) is 6.54 Å². The van der Waals surface area contributed by atoms with E-state index in [9.17, 15) is 0 Å². The van der Waals surface area contributed by atoms with Crippen LogP contribution in [0.3, 0.4) is 0 Å². The van der Waals surface area contributed by atoms with Gasteiger partial charge in [-0.05, 0) is 37.2 Å². The van der Waals surface area contributed by atoms with Crippen molar-refractivity contribution < 1.29 is 0 Å². The molecule has 1 aliphatic carbocycles. The van der Waals surface area contributed by atoms with E-state index >= 15 is 0 Å². The Labute approximate surface area is 95.5 Å². The highest BCUT2D eigenvalue weighted by molar-refractivity contribution is 7.80. The lowest BCUT2D eigenvalue weighted by Crippen LogP contribution is -2.37. The van der Waals surface area contributed by atoms with Crippen LogP contribution in [-0.4, -0.2) is 28.1 Å². The highest BCUT2D eigenvalue weighted by Crippen LogP contribution is 2.18. The lowest BCUT2D eigenvalue weighted by atomic mass is 10.3.